The third kappa shape index (κ3) is 4.53. The molecule has 0 amide bonds. The van der Waals surface area contributed by atoms with Crippen molar-refractivity contribution in [2.75, 3.05) is 0 Å². The highest BCUT2D eigenvalue weighted by Crippen LogP contribution is 2.28. The van der Waals surface area contributed by atoms with Gasteiger partial charge in [0, 0.05) is 6.07 Å². The van der Waals surface area contributed by atoms with Gasteiger partial charge in [-0.05, 0) is 23.8 Å². The molecule has 25 heavy (non-hydrogen) atoms. The molecule has 7 nitrogen and oxygen atoms in total. The van der Waals surface area contributed by atoms with E-state index in [1.165, 1.54) is 12.1 Å². The molecule has 0 radical (unpaired) electrons. The average Bonchev–Trinajstić information content (AvgIpc) is 2.54. The Hall–Kier alpha value is -2.95. The van der Waals surface area contributed by atoms with E-state index in [4.69, 9.17) is 0 Å². The summed E-state index contributed by atoms with van der Waals surface area (Å²) in [6.45, 7) is 0. The van der Waals surface area contributed by atoms with Crippen LogP contribution in [-0.2, 0) is 16.2 Å². The van der Waals surface area contributed by atoms with Crippen molar-refractivity contribution >= 4 is 21.9 Å². The number of nitro groups is 1. The van der Waals surface area contributed by atoms with Gasteiger partial charge in [-0.1, -0.05) is 24.3 Å². The molecule has 0 unspecified atom stereocenters. The van der Waals surface area contributed by atoms with E-state index in [0.717, 1.165) is 42.6 Å². The highest BCUT2D eigenvalue weighted by atomic mass is 32.2. The number of nitrogens with zero attached hydrogens (tertiary/aromatic N) is 2. The van der Waals surface area contributed by atoms with Crippen molar-refractivity contribution in [1.29, 1.82) is 0 Å². The Bertz CT molecular complexity index is 910. The molecule has 0 aromatic heterocycles. The first-order valence-electron chi connectivity index (χ1n) is 6.57. The van der Waals surface area contributed by atoms with E-state index in [1.807, 2.05) is 0 Å². The number of halogens is 3. The van der Waals surface area contributed by atoms with Crippen molar-refractivity contribution in [2.24, 2.45) is 5.10 Å². The smallest absolute Gasteiger partial charge is 0.258 e. The number of para-hydroxylation sites is 1. The topological polar surface area (TPSA) is 102 Å². The second-order valence-electron chi connectivity index (χ2n) is 4.70. The van der Waals surface area contributed by atoms with E-state index in [2.05, 4.69) is 5.10 Å². The highest BCUT2D eigenvalue weighted by Gasteiger charge is 2.29. The van der Waals surface area contributed by atoms with E-state index >= 15 is 0 Å². The van der Waals surface area contributed by atoms with E-state index in [-0.39, 0.29) is 5.56 Å². The summed E-state index contributed by atoms with van der Waals surface area (Å²) in [5.74, 6) is 0. The van der Waals surface area contributed by atoms with Crippen LogP contribution in [-0.4, -0.2) is 19.6 Å². The lowest BCUT2D eigenvalue weighted by Crippen LogP contribution is -2.19. The SMILES string of the molecule is O=[N+]([O-])c1ccccc1S(=O)(=O)N/N=C/c1ccc(C(F)(F)F)cc1. The molecule has 132 valence electrons. The van der Waals surface area contributed by atoms with Crippen LogP contribution < -0.4 is 4.83 Å². The lowest BCUT2D eigenvalue weighted by Gasteiger charge is -2.06. The van der Waals surface area contributed by atoms with E-state index in [1.54, 1.807) is 4.83 Å². The molecule has 2 aromatic rings. The Morgan fingerprint density at radius 3 is 2.24 bits per heavy atom. The zero-order valence-corrected chi connectivity index (χ0v) is 13.1. The van der Waals surface area contributed by atoms with Gasteiger partial charge < -0.3 is 0 Å². The number of hydrazone groups is 1. The van der Waals surface area contributed by atoms with Crippen LogP contribution in [0.15, 0.2) is 58.5 Å². The second-order valence-corrected chi connectivity index (χ2v) is 6.33. The molecule has 0 spiro atoms. The van der Waals surface area contributed by atoms with Gasteiger partial charge in [-0.15, -0.1) is 0 Å². The highest BCUT2D eigenvalue weighted by molar-refractivity contribution is 7.89. The molecule has 0 saturated carbocycles. The van der Waals surface area contributed by atoms with Crippen molar-refractivity contribution in [3.63, 3.8) is 0 Å². The number of nitro benzene ring substituents is 1. The van der Waals surface area contributed by atoms with Crippen molar-refractivity contribution < 1.29 is 26.5 Å². The standard InChI is InChI=1S/C14H10F3N3O4S/c15-14(16,17)11-7-5-10(6-8-11)9-18-19-25(23,24)13-4-2-1-3-12(13)20(21)22/h1-9,19H/b18-9+. The molecule has 0 atom stereocenters. The van der Waals surface area contributed by atoms with Gasteiger partial charge in [-0.2, -0.15) is 31.5 Å². The van der Waals surface area contributed by atoms with Gasteiger partial charge in [0.1, 0.15) is 0 Å². The molecule has 0 bridgehead atoms. The molecule has 0 aliphatic rings. The zero-order valence-electron chi connectivity index (χ0n) is 12.3. The van der Waals surface area contributed by atoms with Crippen LogP contribution in [0.5, 0.6) is 0 Å². The molecule has 0 aliphatic carbocycles. The molecular weight excluding hydrogens is 363 g/mol. The van der Waals surface area contributed by atoms with E-state index in [0.29, 0.717) is 0 Å². The first-order valence-corrected chi connectivity index (χ1v) is 8.05. The van der Waals surface area contributed by atoms with Gasteiger partial charge in [0.15, 0.2) is 4.90 Å². The molecule has 2 rings (SSSR count). The Kier molecular flexibility index (Phi) is 5.07. The Balaban J connectivity index is 2.17. The summed E-state index contributed by atoms with van der Waals surface area (Å²) in [4.78, 5) is 11.2. The molecule has 11 heteroatoms. The summed E-state index contributed by atoms with van der Waals surface area (Å²) in [5, 5.41) is 14.3. The predicted molar refractivity (Wildman–Crippen MR) is 82.5 cm³/mol. The summed E-state index contributed by atoms with van der Waals surface area (Å²) < 4.78 is 61.4. The number of nitrogens with one attached hydrogen (secondary N) is 1. The Morgan fingerprint density at radius 1 is 1.08 bits per heavy atom. The molecule has 1 N–H and O–H groups in total. The molecule has 0 heterocycles. The number of hydrogen-bond donors (Lipinski definition) is 1. The minimum atomic E-state index is -4.48. The third-order valence-corrected chi connectivity index (χ3v) is 4.25. The first-order chi connectivity index (χ1) is 11.6. The van der Waals surface area contributed by atoms with Crippen LogP contribution in [0.4, 0.5) is 18.9 Å². The van der Waals surface area contributed by atoms with Crippen LogP contribution in [0.3, 0.4) is 0 Å². The Labute approximate surface area is 140 Å². The first kappa shape index (κ1) is 18.4. The lowest BCUT2D eigenvalue weighted by molar-refractivity contribution is -0.387. The zero-order chi connectivity index (χ0) is 18.7. The van der Waals surface area contributed by atoms with Crippen LogP contribution in [0.2, 0.25) is 0 Å². The fraction of sp³-hybridized carbons (Fsp3) is 0.0714. The quantitative estimate of drug-likeness (QED) is 0.495. The maximum atomic E-state index is 12.4. The fourth-order valence-electron chi connectivity index (χ4n) is 1.81. The molecule has 0 saturated heterocycles. The predicted octanol–water partition coefficient (Wildman–Crippen LogP) is 2.93. The fourth-order valence-corrected chi connectivity index (χ4v) is 2.78. The normalized spacial score (nSPS) is 12.3. The number of benzene rings is 2. The van der Waals surface area contributed by atoms with Gasteiger partial charge in [0.25, 0.3) is 15.7 Å². The van der Waals surface area contributed by atoms with Gasteiger partial charge in [0.05, 0.1) is 16.7 Å². The van der Waals surface area contributed by atoms with E-state index in [9.17, 15) is 31.7 Å². The third-order valence-electron chi connectivity index (χ3n) is 2.98. The number of sulfonamides is 1. The van der Waals surface area contributed by atoms with Crippen molar-refractivity contribution in [3.8, 4) is 0 Å². The van der Waals surface area contributed by atoms with Gasteiger partial charge >= 0.3 is 6.18 Å². The largest absolute Gasteiger partial charge is 0.416 e. The minimum Gasteiger partial charge on any atom is -0.258 e. The monoisotopic (exact) mass is 373 g/mol. The number of rotatable bonds is 5. The molecule has 2 aromatic carbocycles. The molecular formula is C14H10F3N3O4S. The van der Waals surface area contributed by atoms with Crippen molar-refractivity contribution in [1.82, 2.24) is 4.83 Å². The minimum absolute atomic E-state index is 0.207. The van der Waals surface area contributed by atoms with Crippen LogP contribution in [0.1, 0.15) is 11.1 Å². The van der Waals surface area contributed by atoms with Gasteiger partial charge in [-0.25, -0.2) is 0 Å². The van der Waals surface area contributed by atoms with Crippen LogP contribution >= 0.6 is 0 Å². The van der Waals surface area contributed by atoms with Gasteiger partial charge in [-0.3, -0.25) is 10.1 Å². The van der Waals surface area contributed by atoms with Gasteiger partial charge in [0.2, 0.25) is 0 Å². The van der Waals surface area contributed by atoms with Crippen molar-refractivity contribution in [2.45, 2.75) is 11.1 Å². The Morgan fingerprint density at radius 2 is 1.68 bits per heavy atom. The van der Waals surface area contributed by atoms with Crippen molar-refractivity contribution in [3.05, 3.63) is 69.8 Å². The number of alkyl halides is 3. The summed E-state index contributed by atoms with van der Waals surface area (Å²) >= 11 is 0. The second kappa shape index (κ2) is 6.89. The van der Waals surface area contributed by atoms with Crippen LogP contribution in [0, 0.1) is 10.1 Å². The molecule has 0 fully saturated rings. The maximum Gasteiger partial charge on any atom is 0.416 e. The summed E-state index contributed by atoms with van der Waals surface area (Å²) in [6, 6.07) is 8.51. The maximum absolute atomic E-state index is 12.4. The van der Waals surface area contributed by atoms with E-state index < -0.39 is 37.3 Å². The van der Waals surface area contributed by atoms with Crippen LogP contribution in [0.25, 0.3) is 0 Å². The average molecular weight is 373 g/mol. The number of hydrogen-bond acceptors (Lipinski definition) is 5. The lowest BCUT2D eigenvalue weighted by atomic mass is 10.1. The summed E-state index contributed by atoms with van der Waals surface area (Å²) in [6.07, 6.45) is -3.50. The summed E-state index contributed by atoms with van der Waals surface area (Å²) in [7, 11) is -4.31. The molecule has 0 aliphatic heterocycles. The summed E-state index contributed by atoms with van der Waals surface area (Å²) in [5.41, 5.74) is -1.27.